The van der Waals surface area contributed by atoms with Crippen LogP contribution in [0.4, 0.5) is 0 Å². The van der Waals surface area contributed by atoms with Crippen molar-refractivity contribution in [2.75, 3.05) is 0 Å². The molecule has 36 heavy (non-hydrogen) atoms. The molecule has 1 aliphatic carbocycles. The minimum absolute atomic E-state index is 0.0217. The van der Waals surface area contributed by atoms with Crippen molar-refractivity contribution < 1.29 is 23.9 Å². The van der Waals surface area contributed by atoms with E-state index in [1.165, 1.54) is 0 Å². The van der Waals surface area contributed by atoms with Gasteiger partial charge in [-0.2, -0.15) is 0 Å². The predicted molar refractivity (Wildman–Crippen MR) is 135 cm³/mol. The number of amides is 3. The first-order valence-corrected chi connectivity index (χ1v) is 12.9. The summed E-state index contributed by atoms with van der Waals surface area (Å²) in [4.78, 5) is 55.9. The normalized spacial score (nSPS) is 16.7. The topological polar surface area (TPSA) is 84.0 Å². The van der Waals surface area contributed by atoms with Crippen LogP contribution < -0.4 is 0 Å². The van der Waals surface area contributed by atoms with Crippen LogP contribution in [0, 0.1) is 0 Å². The molecule has 2 aromatic rings. The van der Waals surface area contributed by atoms with Crippen molar-refractivity contribution in [3.05, 3.63) is 71.3 Å². The van der Waals surface area contributed by atoms with Gasteiger partial charge in [-0.15, -0.1) is 0 Å². The molecular formula is C29H34N2O5. The molecule has 4 rings (SSSR count). The SMILES string of the molecule is CC(C)N(Cc1ccccc1)C(=O)[C@H](CCC(=O)OC1CCCCC1)N1C(=O)c2ccccc2C1=O. The molecule has 1 heterocycles. The molecule has 0 N–H and O–H groups in total. The molecule has 0 aromatic heterocycles. The zero-order chi connectivity index (χ0) is 25.7. The molecule has 0 bridgehead atoms. The first kappa shape index (κ1) is 25.6. The van der Waals surface area contributed by atoms with Crippen molar-refractivity contribution in [1.29, 1.82) is 0 Å². The molecule has 1 saturated carbocycles. The average molecular weight is 491 g/mol. The van der Waals surface area contributed by atoms with Crippen LogP contribution in [-0.2, 0) is 20.9 Å². The maximum Gasteiger partial charge on any atom is 0.306 e. The van der Waals surface area contributed by atoms with Crippen LogP contribution >= 0.6 is 0 Å². The van der Waals surface area contributed by atoms with Crippen LogP contribution in [0.3, 0.4) is 0 Å². The fourth-order valence-corrected chi connectivity index (χ4v) is 5.02. The molecule has 1 fully saturated rings. The van der Waals surface area contributed by atoms with Gasteiger partial charge in [-0.3, -0.25) is 24.1 Å². The summed E-state index contributed by atoms with van der Waals surface area (Å²) in [5, 5.41) is 0. The van der Waals surface area contributed by atoms with Gasteiger partial charge in [-0.05, 0) is 63.6 Å². The summed E-state index contributed by atoms with van der Waals surface area (Å²) in [6, 6.07) is 14.9. The molecular weight excluding hydrogens is 456 g/mol. The first-order chi connectivity index (χ1) is 17.4. The molecule has 2 aromatic carbocycles. The lowest BCUT2D eigenvalue weighted by Crippen LogP contribution is -2.52. The molecule has 1 atom stereocenters. The van der Waals surface area contributed by atoms with Gasteiger partial charge in [0.05, 0.1) is 11.1 Å². The number of imide groups is 1. The smallest absolute Gasteiger partial charge is 0.306 e. The number of hydrogen-bond donors (Lipinski definition) is 0. The first-order valence-electron chi connectivity index (χ1n) is 12.9. The van der Waals surface area contributed by atoms with E-state index in [2.05, 4.69) is 0 Å². The Kier molecular flexibility index (Phi) is 8.18. The van der Waals surface area contributed by atoms with E-state index in [0.29, 0.717) is 6.54 Å². The van der Waals surface area contributed by atoms with Gasteiger partial charge in [-0.1, -0.05) is 48.9 Å². The highest BCUT2D eigenvalue weighted by Gasteiger charge is 2.44. The van der Waals surface area contributed by atoms with Crippen LogP contribution in [0.2, 0.25) is 0 Å². The minimum Gasteiger partial charge on any atom is -0.462 e. The number of ether oxygens (including phenoxy) is 1. The molecule has 7 heteroatoms. The molecule has 3 amide bonds. The molecule has 7 nitrogen and oxygen atoms in total. The van der Waals surface area contributed by atoms with Crippen LogP contribution in [0.5, 0.6) is 0 Å². The molecule has 0 spiro atoms. The van der Waals surface area contributed by atoms with Crippen molar-refractivity contribution in [3.63, 3.8) is 0 Å². The molecule has 0 saturated heterocycles. The van der Waals surface area contributed by atoms with Crippen molar-refractivity contribution >= 4 is 23.7 Å². The van der Waals surface area contributed by atoms with Crippen molar-refractivity contribution in [3.8, 4) is 0 Å². The van der Waals surface area contributed by atoms with E-state index in [1.54, 1.807) is 29.2 Å². The number of fused-ring (bicyclic) bond motifs is 1. The third kappa shape index (κ3) is 5.66. The molecule has 190 valence electrons. The Hall–Kier alpha value is -3.48. The molecule has 0 radical (unpaired) electrons. The second kappa shape index (κ2) is 11.5. The Labute approximate surface area is 212 Å². The summed E-state index contributed by atoms with van der Waals surface area (Å²) in [6.45, 7) is 4.14. The summed E-state index contributed by atoms with van der Waals surface area (Å²) in [6.07, 6.45) is 4.82. The molecule has 0 unspecified atom stereocenters. The van der Waals surface area contributed by atoms with E-state index < -0.39 is 23.8 Å². The lowest BCUT2D eigenvalue weighted by atomic mass is 9.98. The number of hydrogen-bond acceptors (Lipinski definition) is 5. The van der Waals surface area contributed by atoms with E-state index in [0.717, 1.165) is 42.6 Å². The van der Waals surface area contributed by atoms with Crippen LogP contribution in [0.25, 0.3) is 0 Å². The quantitative estimate of drug-likeness (QED) is 0.374. The van der Waals surface area contributed by atoms with Gasteiger partial charge < -0.3 is 9.64 Å². The van der Waals surface area contributed by atoms with Crippen molar-refractivity contribution in [1.82, 2.24) is 9.80 Å². The monoisotopic (exact) mass is 490 g/mol. The highest BCUT2D eigenvalue weighted by Crippen LogP contribution is 2.28. The summed E-state index contributed by atoms with van der Waals surface area (Å²) in [7, 11) is 0. The standard InChI is InChI=1S/C29H34N2O5/c1-20(2)30(19-21-11-5-3-6-12-21)29(35)25(17-18-26(32)36-22-13-7-4-8-14-22)31-27(33)23-15-9-10-16-24(23)28(31)34/h3,5-6,9-12,15-16,20,22,25H,4,7-8,13-14,17-19H2,1-2H3/t25-/m0/s1. The van der Waals surface area contributed by atoms with Crippen molar-refractivity contribution in [2.24, 2.45) is 0 Å². The zero-order valence-electron chi connectivity index (χ0n) is 21.0. The molecule has 1 aliphatic heterocycles. The number of esters is 1. The summed E-state index contributed by atoms with van der Waals surface area (Å²) in [5.41, 5.74) is 1.51. The Morgan fingerprint density at radius 2 is 1.50 bits per heavy atom. The second-order valence-electron chi connectivity index (χ2n) is 9.88. The zero-order valence-corrected chi connectivity index (χ0v) is 21.0. The van der Waals surface area contributed by atoms with Gasteiger partial charge in [0.25, 0.3) is 11.8 Å². The van der Waals surface area contributed by atoms with Gasteiger partial charge in [-0.25, -0.2) is 0 Å². The van der Waals surface area contributed by atoms with E-state index in [4.69, 9.17) is 4.74 Å². The van der Waals surface area contributed by atoms with E-state index in [9.17, 15) is 19.2 Å². The number of rotatable bonds is 9. The maximum atomic E-state index is 13.9. The summed E-state index contributed by atoms with van der Waals surface area (Å²) >= 11 is 0. The van der Waals surface area contributed by atoms with Crippen molar-refractivity contribution in [2.45, 2.75) is 83.5 Å². The van der Waals surface area contributed by atoms with Crippen LogP contribution in [0.1, 0.15) is 85.1 Å². The summed E-state index contributed by atoms with van der Waals surface area (Å²) < 4.78 is 5.65. The van der Waals surface area contributed by atoms with Crippen LogP contribution in [-0.4, -0.2) is 51.7 Å². The van der Waals surface area contributed by atoms with E-state index in [1.807, 2.05) is 44.2 Å². The average Bonchev–Trinajstić information content (AvgIpc) is 3.14. The van der Waals surface area contributed by atoms with E-state index in [-0.39, 0.29) is 42.0 Å². The number of carbonyl (C=O) groups excluding carboxylic acids is 4. The summed E-state index contributed by atoms with van der Waals surface area (Å²) in [5.74, 6) is -1.75. The van der Waals surface area contributed by atoms with Crippen LogP contribution in [0.15, 0.2) is 54.6 Å². The third-order valence-electron chi connectivity index (χ3n) is 7.00. The minimum atomic E-state index is -1.09. The van der Waals surface area contributed by atoms with Gasteiger partial charge in [0.15, 0.2) is 0 Å². The lowest BCUT2D eigenvalue weighted by Gasteiger charge is -2.34. The van der Waals surface area contributed by atoms with Gasteiger partial charge >= 0.3 is 5.97 Å². The molecule has 2 aliphatic rings. The van der Waals surface area contributed by atoms with Gasteiger partial charge in [0, 0.05) is 19.0 Å². The largest absolute Gasteiger partial charge is 0.462 e. The van der Waals surface area contributed by atoms with Gasteiger partial charge in [0.2, 0.25) is 5.91 Å². The Bertz CT molecular complexity index is 1070. The highest BCUT2D eigenvalue weighted by molar-refractivity contribution is 6.22. The maximum absolute atomic E-state index is 13.9. The second-order valence-corrected chi connectivity index (χ2v) is 9.88. The lowest BCUT2D eigenvalue weighted by molar-refractivity contribution is -0.151. The van der Waals surface area contributed by atoms with Gasteiger partial charge in [0.1, 0.15) is 12.1 Å². The number of carbonyl (C=O) groups is 4. The van der Waals surface area contributed by atoms with E-state index >= 15 is 0 Å². The Morgan fingerprint density at radius 1 is 0.917 bits per heavy atom. The number of benzene rings is 2. The Morgan fingerprint density at radius 3 is 2.08 bits per heavy atom. The highest BCUT2D eigenvalue weighted by atomic mass is 16.5. The predicted octanol–water partition coefficient (Wildman–Crippen LogP) is 4.74. The Balaban J connectivity index is 1.57. The fraction of sp³-hybridized carbons (Fsp3) is 0.448. The third-order valence-corrected chi connectivity index (χ3v) is 7.00. The number of nitrogens with zero attached hydrogens (tertiary/aromatic N) is 2. The fourth-order valence-electron chi connectivity index (χ4n) is 5.02.